The summed E-state index contributed by atoms with van der Waals surface area (Å²) in [6.45, 7) is 10.6. The minimum atomic E-state index is -0.336. The van der Waals surface area contributed by atoms with Gasteiger partial charge in [-0.25, -0.2) is 0 Å². The van der Waals surface area contributed by atoms with Crippen LogP contribution in [0.4, 0.5) is 5.69 Å². The first-order chi connectivity index (χ1) is 16.4. The predicted octanol–water partition coefficient (Wildman–Crippen LogP) is 8.30. The van der Waals surface area contributed by atoms with Crippen LogP contribution >= 0.6 is 27.5 Å². The van der Waals surface area contributed by atoms with Crippen LogP contribution in [-0.2, 0) is 9.59 Å². The molecular formula is C30H31BrClNO2. The van der Waals surface area contributed by atoms with E-state index in [1.807, 2.05) is 43.3 Å². The number of nitrogens with zero attached hydrogens (tertiary/aromatic N) is 1. The number of hydrogen-bond acceptors (Lipinski definition) is 3. The summed E-state index contributed by atoms with van der Waals surface area (Å²) in [4.78, 5) is 29.9. The van der Waals surface area contributed by atoms with Crippen LogP contribution in [0.25, 0.3) is 0 Å². The largest absolute Gasteiger partial charge is 0.317 e. The lowest BCUT2D eigenvalue weighted by Gasteiger charge is -2.49. The van der Waals surface area contributed by atoms with Crippen molar-refractivity contribution in [3.8, 4) is 0 Å². The van der Waals surface area contributed by atoms with Gasteiger partial charge in [0, 0.05) is 56.5 Å². The Balaban J connectivity index is 1.83. The van der Waals surface area contributed by atoms with E-state index in [1.54, 1.807) is 0 Å². The summed E-state index contributed by atoms with van der Waals surface area (Å²) >= 11 is 10.1. The zero-order valence-electron chi connectivity index (χ0n) is 21.0. The Labute approximate surface area is 221 Å². The summed E-state index contributed by atoms with van der Waals surface area (Å²) < 4.78 is 0.976. The van der Waals surface area contributed by atoms with Gasteiger partial charge in [0.1, 0.15) is 0 Å². The van der Waals surface area contributed by atoms with Crippen LogP contribution in [0.5, 0.6) is 0 Å². The van der Waals surface area contributed by atoms with Crippen molar-refractivity contribution in [3.63, 3.8) is 0 Å². The van der Waals surface area contributed by atoms with Crippen LogP contribution in [0.15, 0.2) is 69.5 Å². The highest BCUT2D eigenvalue weighted by Crippen LogP contribution is 2.55. The summed E-state index contributed by atoms with van der Waals surface area (Å²) in [5.41, 5.74) is 6.17. The van der Waals surface area contributed by atoms with Gasteiger partial charge in [0.2, 0.25) is 0 Å². The zero-order valence-corrected chi connectivity index (χ0v) is 23.3. The summed E-state index contributed by atoms with van der Waals surface area (Å²) in [5, 5.41) is 0.685. The molecule has 2 aliphatic carbocycles. The van der Waals surface area contributed by atoms with Crippen LogP contribution in [-0.4, -0.2) is 11.6 Å². The number of ketones is 2. The van der Waals surface area contributed by atoms with Gasteiger partial charge in [-0.2, -0.15) is 0 Å². The Kier molecular flexibility index (Phi) is 5.92. The van der Waals surface area contributed by atoms with Crippen molar-refractivity contribution in [2.24, 2.45) is 10.8 Å². The molecule has 5 rings (SSSR count). The Morgan fingerprint density at radius 3 is 1.83 bits per heavy atom. The van der Waals surface area contributed by atoms with E-state index in [-0.39, 0.29) is 28.3 Å². The van der Waals surface area contributed by atoms with Gasteiger partial charge < -0.3 is 4.90 Å². The second-order valence-corrected chi connectivity index (χ2v) is 13.2. The minimum Gasteiger partial charge on any atom is -0.317 e. The topological polar surface area (TPSA) is 37.4 Å². The average molecular weight is 553 g/mol. The maximum absolute atomic E-state index is 13.8. The van der Waals surface area contributed by atoms with E-state index in [0.29, 0.717) is 17.9 Å². The number of Topliss-reactive ketones (excluding diaryl/α,β-unsaturated/α-hetero) is 2. The Morgan fingerprint density at radius 2 is 1.34 bits per heavy atom. The number of carbonyl (C=O) groups is 2. The maximum Gasteiger partial charge on any atom is 0.162 e. The molecule has 1 heterocycles. The molecule has 0 amide bonds. The first kappa shape index (κ1) is 24.5. The van der Waals surface area contributed by atoms with Crippen LogP contribution in [0.1, 0.15) is 70.4 Å². The quantitative estimate of drug-likeness (QED) is 0.376. The highest BCUT2D eigenvalue weighted by molar-refractivity contribution is 9.10. The monoisotopic (exact) mass is 551 g/mol. The summed E-state index contributed by atoms with van der Waals surface area (Å²) in [6.07, 6.45) is 2.48. The van der Waals surface area contributed by atoms with Crippen molar-refractivity contribution in [3.05, 3.63) is 85.6 Å². The highest BCUT2D eigenvalue weighted by Gasteiger charge is 2.49. The molecule has 2 aromatic rings. The third-order valence-corrected chi connectivity index (χ3v) is 8.46. The molecule has 0 N–H and O–H groups in total. The zero-order chi connectivity index (χ0) is 25.3. The number of allylic oxidation sites excluding steroid dienone is 4. The lowest BCUT2D eigenvalue weighted by Crippen LogP contribution is -2.44. The smallest absolute Gasteiger partial charge is 0.162 e. The van der Waals surface area contributed by atoms with Crippen molar-refractivity contribution in [1.82, 2.24) is 0 Å². The molecule has 3 aliphatic rings. The van der Waals surface area contributed by atoms with Gasteiger partial charge in [-0.3, -0.25) is 9.59 Å². The van der Waals surface area contributed by atoms with E-state index in [4.69, 9.17) is 11.6 Å². The summed E-state index contributed by atoms with van der Waals surface area (Å²) in [6, 6.07) is 14.1. The molecule has 35 heavy (non-hydrogen) atoms. The number of benzene rings is 2. The summed E-state index contributed by atoms with van der Waals surface area (Å²) in [7, 11) is 0. The number of rotatable bonds is 2. The van der Waals surface area contributed by atoms with Crippen LogP contribution in [0, 0.1) is 17.8 Å². The molecular weight excluding hydrogens is 522 g/mol. The first-order valence-corrected chi connectivity index (χ1v) is 13.4. The van der Waals surface area contributed by atoms with Gasteiger partial charge in [-0.1, -0.05) is 73.4 Å². The summed E-state index contributed by atoms with van der Waals surface area (Å²) in [5.74, 6) is -0.0643. The van der Waals surface area contributed by atoms with E-state index in [9.17, 15) is 9.59 Å². The lowest BCUT2D eigenvalue weighted by atomic mass is 9.63. The Bertz CT molecular complexity index is 1260. The maximum atomic E-state index is 13.8. The van der Waals surface area contributed by atoms with E-state index >= 15 is 0 Å². The van der Waals surface area contributed by atoms with Crippen molar-refractivity contribution in [2.75, 3.05) is 4.90 Å². The molecule has 2 aromatic carbocycles. The third kappa shape index (κ3) is 4.34. The van der Waals surface area contributed by atoms with Crippen molar-refractivity contribution in [2.45, 2.75) is 66.2 Å². The van der Waals surface area contributed by atoms with Crippen LogP contribution in [0.3, 0.4) is 0 Å². The molecule has 0 unspecified atom stereocenters. The number of hydrogen-bond donors (Lipinski definition) is 0. The fourth-order valence-corrected chi connectivity index (χ4v) is 6.43. The first-order valence-electron chi connectivity index (χ1n) is 12.2. The molecule has 0 aromatic heterocycles. The Morgan fingerprint density at radius 1 is 0.829 bits per heavy atom. The van der Waals surface area contributed by atoms with Crippen LogP contribution in [0.2, 0.25) is 5.02 Å². The number of aryl methyl sites for hydroxylation is 1. The molecule has 3 nitrogen and oxygen atoms in total. The SMILES string of the molecule is Cc1ccc(N2C3=C(C(=O)CC(C)(C)C3)C(c3ccc(Br)cc3)C3=C2CC(C)(C)CC3=O)cc1Cl. The minimum absolute atomic E-state index is 0.136. The van der Waals surface area contributed by atoms with Gasteiger partial charge in [0.05, 0.1) is 0 Å². The molecule has 0 bridgehead atoms. The van der Waals surface area contributed by atoms with Crippen molar-refractivity contribution >= 4 is 44.8 Å². The molecule has 0 spiro atoms. The standard InChI is InChI=1S/C30H31BrClNO2/c1-17-6-11-20(12-21(17)32)33-22-13-29(2,3)15-24(34)27(22)26(18-7-9-19(31)10-8-18)28-23(33)14-30(4,5)16-25(28)35/h6-12,26H,13-16H2,1-5H3. The van der Waals surface area contributed by atoms with E-state index in [2.05, 4.69) is 54.6 Å². The van der Waals surface area contributed by atoms with E-state index < -0.39 is 0 Å². The molecule has 0 radical (unpaired) electrons. The van der Waals surface area contributed by atoms with Crippen molar-refractivity contribution in [1.29, 1.82) is 0 Å². The highest BCUT2D eigenvalue weighted by atomic mass is 79.9. The fraction of sp³-hybridized carbons (Fsp3) is 0.400. The third-order valence-electron chi connectivity index (χ3n) is 7.53. The molecule has 1 aliphatic heterocycles. The molecule has 182 valence electrons. The molecule has 0 atom stereocenters. The van der Waals surface area contributed by atoms with Gasteiger partial charge in [-0.15, -0.1) is 0 Å². The predicted molar refractivity (Wildman–Crippen MR) is 146 cm³/mol. The number of halogens is 2. The average Bonchev–Trinajstić information content (AvgIpc) is 2.73. The van der Waals surface area contributed by atoms with Crippen LogP contribution < -0.4 is 4.90 Å². The lowest BCUT2D eigenvalue weighted by molar-refractivity contribution is -0.119. The molecule has 0 saturated carbocycles. The second kappa shape index (κ2) is 8.45. The normalized spacial score (nSPS) is 21.9. The van der Waals surface area contributed by atoms with Gasteiger partial charge in [-0.05, 0) is 66.0 Å². The molecule has 0 saturated heterocycles. The number of anilines is 1. The van der Waals surface area contributed by atoms with Gasteiger partial charge >= 0.3 is 0 Å². The van der Waals surface area contributed by atoms with E-state index in [1.165, 1.54) is 0 Å². The van der Waals surface area contributed by atoms with Gasteiger partial charge in [0.25, 0.3) is 0 Å². The van der Waals surface area contributed by atoms with Crippen molar-refractivity contribution < 1.29 is 9.59 Å². The number of carbonyl (C=O) groups excluding carboxylic acids is 2. The van der Waals surface area contributed by atoms with Gasteiger partial charge in [0.15, 0.2) is 11.6 Å². The molecule has 5 heteroatoms. The fourth-order valence-electron chi connectivity index (χ4n) is 5.99. The second-order valence-electron chi connectivity index (χ2n) is 11.9. The molecule has 0 fully saturated rings. The van der Waals surface area contributed by atoms with E-state index in [0.717, 1.165) is 56.7 Å². The Hall–Kier alpha value is -2.17.